The Morgan fingerprint density at radius 3 is 2.37 bits per heavy atom. The smallest absolute Gasteiger partial charge is 0.254 e. The molecule has 4 aromatic rings. The standard InChI is InChI=1S/C24H13F7N6S/c25-16-3-7-19(20(26)9-16)22(12-32,13-37-14-34-35-36-37)24(30,31)21-8-2-15(11-33-21)1-4-17-5-6-18(38-17)10-23(27,28)29/h2-3,5-9,11,14H,10,13H2. The van der Waals surface area contributed by atoms with Crippen LogP contribution in [0, 0.1) is 34.8 Å². The number of hydrogen-bond acceptors (Lipinski definition) is 6. The van der Waals surface area contributed by atoms with Gasteiger partial charge in [0.2, 0.25) is 0 Å². The van der Waals surface area contributed by atoms with E-state index < -0.39 is 53.4 Å². The molecule has 1 atom stereocenters. The van der Waals surface area contributed by atoms with Gasteiger partial charge in [0.05, 0.1) is 23.9 Å². The van der Waals surface area contributed by atoms with Crippen LogP contribution in [0.25, 0.3) is 0 Å². The number of hydrogen-bond donors (Lipinski definition) is 0. The summed E-state index contributed by atoms with van der Waals surface area (Å²) in [5.41, 5.74) is -4.48. The van der Waals surface area contributed by atoms with Crippen LogP contribution in [0.2, 0.25) is 0 Å². The summed E-state index contributed by atoms with van der Waals surface area (Å²) in [5.74, 6) is -1.27. The van der Waals surface area contributed by atoms with Gasteiger partial charge in [-0.2, -0.15) is 27.2 Å². The highest BCUT2D eigenvalue weighted by atomic mass is 32.1. The van der Waals surface area contributed by atoms with Crippen LogP contribution in [-0.2, 0) is 24.3 Å². The van der Waals surface area contributed by atoms with Gasteiger partial charge in [0.15, 0.2) is 5.41 Å². The maximum atomic E-state index is 16.0. The van der Waals surface area contributed by atoms with Crippen LogP contribution in [0.4, 0.5) is 30.7 Å². The fourth-order valence-corrected chi connectivity index (χ4v) is 4.49. The lowest BCUT2D eigenvalue weighted by atomic mass is 9.74. The van der Waals surface area contributed by atoms with Gasteiger partial charge in [-0.3, -0.25) is 4.98 Å². The van der Waals surface area contributed by atoms with Crippen LogP contribution < -0.4 is 0 Å². The second-order valence-electron chi connectivity index (χ2n) is 7.96. The molecule has 0 radical (unpaired) electrons. The van der Waals surface area contributed by atoms with Crippen molar-refractivity contribution in [3.05, 3.63) is 93.2 Å². The normalized spacial score (nSPS) is 13.3. The minimum absolute atomic E-state index is 0.0679. The van der Waals surface area contributed by atoms with Gasteiger partial charge in [-0.25, -0.2) is 13.5 Å². The van der Waals surface area contributed by atoms with Gasteiger partial charge in [-0.05, 0) is 40.8 Å². The average molecular weight is 550 g/mol. The van der Waals surface area contributed by atoms with Crippen molar-refractivity contribution in [3.8, 4) is 17.9 Å². The first kappa shape index (κ1) is 26.8. The van der Waals surface area contributed by atoms with Crippen molar-refractivity contribution in [3.63, 3.8) is 0 Å². The van der Waals surface area contributed by atoms with E-state index in [1.165, 1.54) is 24.3 Å². The molecule has 0 fully saturated rings. The second kappa shape index (κ2) is 10.2. The number of pyridine rings is 1. The van der Waals surface area contributed by atoms with Crippen LogP contribution in [-0.4, -0.2) is 31.4 Å². The number of nitriles is 1. The largest absolute Gasteiger partial charge is 0.393 e. The molecule has 0 aliphatic carbocycles. The first-order valence-electron chi connectivity index (χ1n) is 10.5. The molecule has 6 nitrogen and oxygen atoms in total. The third-order valence-electron chi connectivity index (χ3n) is 5.36. The zero-order chi connectivity index (χ0) is 27.6. The topological polar surface area (TPSA) is 80.3 Å². The van der Waals surface area contributed by atoms with E-state index in [9.17, 15) is 27.2 Å². The second-order valence-corrected chi connectivity index (χ2v) is 9.13. The Hall–Kier alpha value is -4.30. The van der Waals surface area contributed by atoms with Crippen LogP contribution in [0.15, 0.2) is 55.0 Å². The van der Waals surface area contributed by atoms with Gasteiger partial charge in [0.1, 0.15) is 23.7 Å². The minimum atomic E-state index is -4.36. The van der Waals surface area contributed by atoms with E-state index in [2.05, 4.69) is 32.4 Å². The number of alkyl halides is 5. The summed E-state index contributed by atoms with van der Waals surface area (Å²) < 4.78 is 98.7. The molecule has 3 aromatic heterocycles. The van der Waals surface area contributed by atoms with E-state index in [1.54, 1.807) is 0 Å². The fraction of sp³-hybridized carbons (Fsp3) is 0.208. The molecule has 4 rings (SSSR count). The van der Waals surface area contributed by atoms with Crippen LogP contribution in [0.1, 0.15) is 26.6 Å². The molecule has 3 heterocycles. The van der Waals surface area contributed by atoms with Crippen molar-refractivity contribution in [2.24, 2.45) is 0 Å². The monoisotopic (exact) mass is 550 g/mol. The fourth-order valence-electron chi connectivity index (χ4n) is 3.59. The SMILES string of the molecule is N#CC(Cn1cnnn1)(c1ccc(F)cc1F)C(F)(F)c1ccc(C#Cc2ccc(CC(F)(F)F)s2)cn1. The zero-order valence-corrected chi connectivity index (χ0v) is 19.7. The van der Waals surface area contributed by atoms with Gasteiger partial charge >= 0.3 is 12.1 Å². The van der Waals surface area contributed by atoms with E-state index in [1.807, 2.05) is 0 Å². The number of nitrogens with zero attached hydrogens (tertiary/aromatic N) is 6. The molecule has 0 amide bonds. The summed E-state index contributed by atoms with van der Waals surface area (Å²) in [6.07, 6.45) is -3.51. The van der Waals surface area contributed by atoms with Crippen molar-refractivity contribution in [2.75, 3.05) is 0 Å². The molecular formula is C24H13F7N6S. The highest BCUT2D eigenvalue weighted by molar-refractivity contribution is 7.12. The number of halogens is 7. The van der Waals surface area contributed by atoms with E-state index in [4.69, 9.17) is 0 Å². The van der Waals surface area contributed by atoms with Gasteiger partial charge in [-0.1, -0.05) is 17.9 Å². The summed E-state index contributed by atoms with van der Waals surface area (Å²) >= 11 is 0.844. The Morgan fingerprint density at radius 1 is 0.974 bits per heavy atom. The quantitative estimate of drug-likeness (QED) is 0.245. The summed E-state index contributed by atoms with van der Waals surface area (Å²) in [6.45, 7) is -0.895. The van der Waals surface area contributed by atoms with Gasteiger partial charge in [0.25, 0.3) is 0 Å². The Morgan fingerprint density at radius 2 is 1.76 bits per heavy atom. The summed E-state index contributed by atoms with van der Waals surface area (Å²) in [7, 11) is 0. The Balaban J connectivity index is 1.68. The molecule has 0 N–H and O–H groups in total. The minimum Gasteiger partial charge on any atom is -0.254 e. The van der Waals surface area contributed by atoms with Gasteiger partial charge in [0, 0.05) is 28.3 Å². The number of benzene rings is 1. The Labute approximate surface area is 214 Å². The van der Waals surface area contributed by atoms with Crippen molar-refractivity contribution >= 4 is 11.3 Å². The first-order valence-corrected chi connectivity index (χ1v) is 11.3. The van der Waals surface area contributed by atoms with Crippen LogP contribution >= 0.6 is 11.3 Å². The van der Waals surface area contributed by atoms with Crippen LogP contribution in [0.5, 0.6) is 0 Å². The molecule has 14 heteroatoms. The molecule has 0 saturated heterocycles. The molecule has 38 heavy (non-hydrogen) atoms. The predicted octanol–water partition coefficient (Wildman–Crippen LogP) is 5.17. The summed E-state index contributed by atoms with van der Waals surface area (Å²) in [4.78, 5) is 4.12. The Bertz CT molecular complexity index is 1530. The Kier molecular flexibility index (Phi) is 7.20. The lowest BCUT2D eigenvalue weighted by molar-refractivity contribution is -0.126. The average Bonchev–Trinajstić information content (AvgIpc) is 3.52. The lowest BCUT2D eigenvalue weighted by Gasteiger charge is -2.34. The maximum Gasteiger partial charge on any atom is 0.393 e. The predicted molar refractivity (Wildman–Crippen MR) is 120 cm³/mol. The first-order chi connectivity index (χ1) is 17.9. The summed E-state index contributed by atoms with van der Waals surface area (Å²) in [6, 6.07) is 8.12. The van der Waals surface area contributed by atoms with E-state index in [-0.39, 0.29) is 10.4 Å². The number of aromatic nitrogens is 5. The third kappa shape index (κ3) is 5.50. The van der Waals surface area contributed by atoms with Gasteiger partial charge < -0.3 is 0 Å². The highest BCUT2D eigenvalue weighted by Gasteiger charge is 2.59. The number of tetrazole rings is 1. The van der Waals surface area contributed by atoms with Gasteiger partial charge in [-0.15, -0.1) is 16.4 Å². The zero-order valence-electron chi connectivity index (χ0n) is 18.8. The lowest BCUT2D eigenvalue weighted by Crippen LogP contribution is -2.47. The third-order valence-corrected chi connectivity index (χ3v) is 6.36. The molecule has 194 valence electrons. The van der Waals surface area contributed by atoms with E-state index >= 15 is 8.78 Å². The number of rotatable bonds is 6. The molecule has 1 aromatic carbocycles. The van der Waals surface area contributed by atoms with Crippen molar-refractivity contribution in [2.45, 2.75) is 30.5 Å². The molecule has 0 bridgehead atoms. The van der Waals surface area contributed by atoms with Crippen LogP contribution in [0.3, 0.4) is 0 Å². The molecule has 1 unspecified atom stereocenters. The highest BCUT2D eigenvalue weighted by Crippen LogP contribution is 2.48. The van der Waals surface area contributed by atoms with Crippen molar-refractivity contribution in [1.82, 2.24) is 25.2 Å². The molecule has 0 aliphatic rings. The van der Waals surface area contributed by atoms with Crippen molar-refractivity contribution < 1.29 is 30.7 Å². The van der Waals surface area contributed by atoms with E-state index in [0.717, 1.165) is 46.7 Å². The van der Waals surface area contributed by atoms with E-state index in [0.29, 0.717) is 10.9 Å². The van der Waals surface area contributed by atoms with Crippen molar-refractivity contribution in [1.29, 1.82) is 5.26 Å². The molecule has 0 spiro atoms. The molecule has 0 aliphatic heterocycles. The molecular weight excluding hydrogens is 537 g/mol. The number of thiophene rings is 1. The molecule has 0 saturated carbocycles. The maximum absolute atomic E-state index is 16.0. The summed E-state index contributed by atoms with van der Waals surface area (Å²) in [5, 5.41) is 20.1.